The second-order valence-corrected chi connectivity index (χ2v) is 4.17. The molecule has 0 N–H and O–H groups in total. The maximum atomic E-state index is 11.7. The highest BCUT2D eigenvalue weighted by molar-refractivity contribution is 5.95. The van der Waals surface area contributed by atoms with E-state index in [1.165, 1.54) is 0 Å². The third-order valence-electron chi connectivity index (χ3n) is 2.80. The van der Waals surface area contributed by atoms with Crippen molar-refractivity contribution in [2.24, 2.45) is 0 Å². The predicted octanol–water partition coefficient (Wildman–Crippen LogP) is 2.16. The van der Waals surface area contributed by atoms with Crippen molar-refractivity contribution >= 4 is 11.8 Å². The minimum Gasteiger partial charge on any atom is -0.493 e. The number of benzene rings is 1. The molecule has 0 bridgehead atoms. The van der Waals surface area contributed by atoms with Crippen LogP contribution in [0.4, 0.5) is 0 Å². The Balaban J connectivity index is 2.61. The number of hydrogen-bond donors (Lipinski definition) is 0. The summed E-state index contributed by atoms with van der Waals surface area (Å²) in [5, 5.41) is 0. The average Bonchev–Trinajstić information content (AvgIpc) is 2.44. The first-order chi connectivity index (χ1) is 9.62. The third kappa shape index (κ3) is 4.57. The van der Waals surface area contributed by atoms with E-state index in [4.69, 9.17) is 14.2 Å². The summed E-state index contributed by atoms with van der Waals surface area (Å²) in [4.78, 5) is 22.9. The monoisotopic (exact) mass is 280 g/mol. The third-order valence-corrected chi connectivity index (χ3v) is 2.80. The smallest absolute Gasteiger partial charge is 0.313 e. The maximum Gasteiger partial charge on any atom is 0.313 e. The van der Waals surface area contributed by atoms with E-state index in [1.807, 2.05) is 12.1 Å². The van der Waals surface area contributed by atoms with Crippen LogP contribution >= 0.6 is 0 Å². The Bertz CT molecular complexity index is 467. The Kier molecular flexibility index (Phi) is 6.56. The molecule has 110 valence electrons. The Labute approximate surface area is 118 Å². The average molecular weight is 280 g/mol. The lowest BCUT2D eigenvalue weighted by molar-refractivity contribution is -0.145. The Hall–Kier alpha value is -2.04. The number of aryl methyl sites for hydroxylation is 1. The van der Waals surface area contributed by atoms with Gasteiger partial charge in [0.2, 0.25) is 0 Å². The second-order valence-electron chi connectivity index (χ2n) is 4.17. The molecule has 0 aliphatic rings. The van der Waals surface area contributed by atoms with Crippen molar-refractivity contribution in [3.05, 3.63) is 23.8 Å². The highest BCUT2D eigenvalue weighted by Crippen LogP contribution is 2.31. The van der Waals surface area contributed by atoms with Crippen LogP contribution < -0.4 is 9.47 Å². The van der Waals surface area contributed by atoms with E-state index in [-0.39, 0.29) is 25.2 Å². The summed E-state index contributed by atoms with van der Waals surface area (Å²) >= 11 is 0. The molecule has 0 aliphatic heterocycles. The summed E-state index contributed by atoms with van der Waals surface area (Å²) in [6.45, 7) is 2.00. The first-order valence-corrected chi connectivity index (χ1v) is 6.49. The maximum absolute atomic E-state index is 11.7. The minimum atomic E-state index is -0.477. The number of Topliss-reactive ketones (excluding diaryl/α,β-unsaturated/α-hetero) is 1. The Morgan fingerprint density at radius 2 is 1.90 bits per heavy atom. The van der Waals surface area contributed by atoms with E-state index in [9.17, 15) is 9.59 Å². The molecule has 0 saturated carbocycles. The molecule has 0 heterocycles. The van der Waals surface area contributed by atoms with Crippen molar-refractivity contribution in [3.63, 3.8) is 0 Å². The van der Waals surface area contributed by atoms with Crippen molar-refractivity contribution in [1.82, 2.24) is 0 Å². The molecule has 1 aromatic rings. The van der Waals surface area contributed by atoms with Crippen LogP contribution in [-0.2, 0) is 20.7 Å². The van der Waals surface area contributed by atoms with Gasteiger partial charge in [-0.1, -0.05) is 12.1 Å². The largest absolute Gasteiger partial charge is 0.493 e. The molecule has 1 rings (SSSR count). The van der Waals surface area contributed by atoms with E-state index >= 15 is 0 Å². The zero-order chi connectivity index (χ0) is 15.0. The molecule has 0 aromatic heterocycles. The number of hydrogen-bond acceptors (Lipinski definition) is 5. The van der Waals surface area contributed by atoms with Gasteiger partial charge in [0.25, 0.3) is 0 Å². The fraction of sp³-hybridized carbons (Fsp3) is 0.467. The van der Waals surface area contributed by atoms with E-state index in [1.54, 1.807) is 27.2 Å². The normalized spacial score (nSPS) is 9.95. The number of rotatable bonds is 8. The second kappa shape index (κ2) is 8.19. The molecule has 1 aromatic carbocycles. The summed E-state index contributed by atoms with van der Waals surface area (Å²) in [5.74, 6) is 0.630. The number of carbonyl (C=O) groups excluding carboxylic acids is 2. The van der Waals surface area contributed by atoms with Gasteiger partial charge in [-0.3, -0.25) is 9.59 Å². The number of para-hydroxylation sites is 1. The number of esters is 1. The van der Waals surface area contributed by atoms with Crippen LogP contribution in [0.3, 0.4) is 0 Å². The van der Waals surface area contributed by atoms with Crippen LogP contribution in [-0.4, -0.2) is 32.6 Å². The van der Waals surface area contributed by atoms with E-state index < -0.39 is 5.97 Å². The molecule has 0 saturated heterocycles. The molecule has 0 atom stereocenters. The summed E-state index contributed by atoms with van der Waals surface area (Å²) in [6, 6.07) is 5.51. The SMILES string of the molecule is CCOC(=O)CC(=O)CCc1cccc(OC)c1OC. The first kappa shape index (κ1) is 16.0. The van der Waals surface area contributed by atoms with Crippen LogP contribution in [0.1, 0.15) is 25.3 Å². The molecule has 5 heteroatoms. The molecule has 0 aliphatic carbocycles. The fourth-order valence-electron chi connectivity index (χ4n) is 1.89. The lowest BCUT2D eigenvalue weighted by atomic mass is 10.0. The highest BCUT2D eigenvalue weighted by atomic mass is 16.5. The number of methoxy groups -OCH3 is 2. The van der Waals surface area contributed by atoms with Gasteiger partial charge in [-0.2, -0.15) is 0 Å². The standard InChI is InChI=1S/C15H20O5/c1-4-20-14(17)10-12(16)9-8-11-6-5-7-13(18-2)15(11)19-3/h5-7H,4,8-10H2,1-3H3. The lowest BCUT2D eigenvalue weighted by Gasteiger charge is -2.12. The molecule has 0 unspecified atom stereocenters. The van der Waals surface area contributed by atoms with Gasteiger partial charge in [-0.25, -0.2) is 0 Å². The summed E-state index contributed by atoms with van der Waals surface area (Å²) < 4.78 is 15.2. The van der Waals surface area contributed by atoms with Crippen LogP contribution in [0.5, 0.6) is 11.5 Å². The van der Waals surface area contributed by atoms with Gasteiger partial charge in [-0.15, -0.1) is 0 Å². The zero-order valence-electron chi connectivity index (χ0n) is 12.1. The van der Waals surface area contributed by atoms with Crippen LogP contribution in [0.2, 0.25) is 0 Å². The predicted molar refractivity (Wildman–Crippen MR) is 74.1 cm³/mol. The van der Waals surface area contributed by atoms with Crippen LogP contribution in [0.25, 0.3) is 0 Å². The topological polar surface area (TPSA) is 61.8 Å². The molecule has 0 radical (unpaired) electrons. The molecule has 20 heavy (non-hydrogen) atoms. The lowest BCUT2D eigenvalue weighted by Crippen LogP contribution is -2.11. The molecular weight excluding hydrogens is 260 g/mol. The van der Waals surface area contributed by atoms with Gasteiger partial charge in [0.05, 0.1) is 20.8 Å². The van der Waals surface area contributed by atoms with Gasteiger partial charge in [-0.05, 0) is 25.0 Å². The molecule has 0 spiro atoms. The van der Waals surface area contributed by atoms with Gasteiger partial charge < -0.3 is 14.2 Å². The van der Waals surface area contributed by atoms with Gasteiger partial charge in [0.15, 0.2) is 11.5 Å². The van der Waals surface area contributed by atoms with E-state index in [0.717, 1.165) is 5.56 Å². The molecular formula is C15H20O5. The van der Waals surface area contributed by atoms with Crippen LogP contribution in [0.15, 0.2) is 18.2 Å². The number of ether oxygens (including phenoxy) is 3. The first-order valence-electron chi connectivity index (χ1n) is 6.49. The Morgan fingerprint density at radius 1 is 1.15 bits per heavy atom. The van der Waals surface area contributed by atoms with Crippen molar-refractivity contribution in [1.29, 1.82) is 0 Å². The number of ketones is 1. The van der Waals surface area contributed by atoms with Gasteiger partial charge in [0.1, 0.15) is 12.2 Å². The van der Waals surface area contributed by atoms with Crippen molar-refractivity contribution in [2.75, 3.05) is 20.8 Å². The Morgan fingerprint density at radius 3 is 2.50 bits per heavy atom. The molecule has 5 nitrogen and oxygen atoms in total. The quantitative estimate of drug-likeness (QED) is 0.539. The highest BCUT2D eigenvalue weighted by Gasteiger charge is 2.13. The van der Waals surface area contributed by atoms with Crippen LogP contribution in [0, 0.1) is 0 Å². The molecule has 0 amide bonds. The van der Waals surface area contributed by atoms with E-state index in [0.29, 0.717) is 17.9 Å². The summed E-state index contributed by atoms with van der Waals surface area (Å²) in [7, 11) is 3.12. The summed E-state index contributed by atoms with van der Waals surface area (Å²) in [6.07, 6.45) is 0.584. The van der Waals surface area contributed by atoms with Crippen molar-refractivity contribution < 1.29 is 23.8 Å². The minimum absolute atomic E-state index is 0.145. The zero-order valence-corrected chi connectivity index (χ0v) is 12.1. The molecule has 0 fully saturated rings. The fourth-order valence-corrected chi connectivity index (χ4v) is 1.89. The van der Waals surface area contributed by atoms with Gasteiger partial charge >= 0.3 is 5.97 Å². The van der Waals surface area contributed by atoms with E-state index in [2.05, 4.69) is 0 Å². The number of carbonyl (C=O) groups is 2. The van der Waals surface area contributed by atoms with Crippen molar-refractivity contribution in [2.45, 2.75) is 26.2 Å². The van der Waals surface area contributed by atoms with Gasteiger partial charge in [0, 0.05) is 6.42 Å². The summed E-state index contributed by atoms with van der Waals surface area (Å²) in [5.41, 5.74) is 0.879. The van der Waals surface area contributed by atoms with Crippen molar-refractivity contribution in [3.8, 4) is 11.5 Å².